The summed E-state index contributed by atoms with van der Waals surface area (Å²) in [5.74, 6) is 0.267. The Hall–Kier alpha value is -1.38. The summed E-state index contributed by atoms with van der Waals surface area (Å²) in [6, 6.07) is 1.93. The highest BCUT2D eigenvalue weighted by atomic mass is 16.5. The monoisotopic (exact) mass is 205 g/mol. The van der Waals surface area contributed by atoms with Crippen molar-refractivity contribution < 1.29 is 9.53 Å². The Kier molecular flexibility index (Phi) is 2.71. The number of ether oxygens (including phenoxy) is 1. The minimum absolute atomic E-state index is 0.0852. The lowest BCUT2D eigenvalue weighted by Gasteiger charge is -2.15. The molecule has 1 heterocycles. The van der Waals surface area contributed by atoms with Crippen LogP contribution in [-0.2, 0) is 9.53 Å². The highest BCUT2D eigenvalue weighted by Crippen LogP contribution is 2.43. The third-order valence-electron chi connectivity index (χ3n) is 2.95. The van der Waals surface area contributed by atoms with E-state index in [2.05, 4.69) is 4.98 Å². The number of aromatic nitrogens is 1. The van der Waals surface area contributed by atoms with Crippen LogP contribution in [0.4, 0.5) is 0 Å². The molecule has 1 atom stereocenters. The summed E-state index contributed by atoms with van der Waals surface area (Å²) in [4.78, 5) is 15.7. The second kappa shape index (κ2) is 4.01. The van der Waals surface area contributed by atoms with E-state index in [0.717, 1.165) is 24.0 Å². The number of aryl methyl sites for hydroxylation is 1. The van der Waals surface area contributed by atoms with Gasteiger partial charge in [-0.2, -0.15) is 0 Å². The number of hydrogen-bond acceptors (Lipinski definition) is 3. The van der Waals surface area contributed by atoms with Crippen LogP contribution in [0.15, 0.2) is 18.5 Å². The second-order valence-electron chi connectivity index (χ2n) is 4.07. The number of carbonyl (C=O) groups is 1. The van der Waals surface area contributed by atoms with Crippen LogP contribution in [0.25, 0.3) is 0 Å². The molecule has 0 aliphatic heterocycles. The molecule has 0 amide bonds. The Morgan fingerprint density at radius 3 is 2.87 bits per heavy atom. The van der Waals surface area contributed by atoms with Crippen molar-refractivity contribution in [1.29, 1.82) is 0 Å². The molecule has 80 valence electrons. The van der Waals surface area contributed by atoms with E-state index >= 15 is 0 Å². The van der Waals surface area contributed by atoms with Crippen molar-refractivity contribution in [1.82, 2.24) is 4.98 Å². The topological polar surface area (TPSA) is 39.2 Å². The van der Waals surface area contributed by atoms with Gasteiger partial charge in [-0.25, -0.2) is 0 Å². The molecule has 1 unspecified atom stereocenters. The molecule has 0 bridgehead atoms. The van der Waals surface area contributed by atoms with Gasteiger partial charge in [-0.1, -0.05) is 0 Å². The smallest absolute Gasteiger partial charge is 0.313 e. The molecule has 1 aliphatic rings. The number of rotatable bonds is 3. The summed E-state index contributed by atoms with van der Waals surface area (Å²) in [5, 5.41) is 0. The summed E-state index contributed by atoms with van der Waals surface area (Å²) in [7, 11) is 1.45. The Balaban J connectivity index is 2.32. The molecule has 1 fully saturated rings. The third kappa shape index (κ3) is 2.01. The normalized spacial score (nSPS) is 17.2. The third-order valence-corrected chi connectivity index (χ3v) is 2.95. The van der Waals surface area contributed by atoms with E-state index in [1.165, 1.54) is 7.11 Å². The zero-order valence-electron chi connectivity index (χ0n) is 9.06. The lowest BCUT2D eigenvalue weighted by molar-refractivity contribution is -0.143. The Labute approximate surface area is 89.5 Å². The predicted molar refractivity (Wildman–Crippen MR) is 56.5 cm³/mol. The maximum Gasteiger partial charge on any atom is 0.313 e. The van der Waals surface area contributed by atoms with Crippen molar-refractivity contribution in [3.8, 4) is 0 Å². The van der Waals surface area contributed by atoms with Gasteiger partial charge in [0, 0.05) is 12.4 Å². The molecule has 3 nitrogen and oxygen atoms in total. The van der Waals surface area contributed by atoms with Gasteiger partial charge < -0.3 is 4.74 Å². The van der Waals surface area contributed by atoms with Gasteiger partial charge in [-0.05, 0) is 42.9 Å². The first-order valence-corrected chi connectivity index (χ1v) is 5.22. The van der Waals surface area contributed by atoms with Crippen LogP contribution in [0.2, 0.25) is 0 Å². The molecular weight excluding hydrogens is 190 g/mol. The quantitative estimate of drug-likeness (QED) is 0.709. The van der Waals surface area contributed by atoms with Crippen LogP contribution in [-0.4, -0.2) is 18.1 Å². The second-order valence-corrected chi connectivity index (χ2v) is 4.07. The standard InChI is InChI=1S/C12H15NO2/c1-8-7-13-6-5-10(8)11(9-3-4-9)12(14)15-2/h5-7,9,11H,3-4H2,1-2H3. The minimum Gasteiger partial charge on any atom is -0.469 e. The highest BCUT2D eigenvalue weighted by Gasteiger charge is 2.38. The molecule has 15 heavy (non-hydrogen) atoms. The summed E-state index contributed by atoms with van der Waals surface area (Å²) in [6.07, 6.45) is 5.79. The molecule has 3 heteroatoms. The van der Waals surface area contributed by atoms with Gasteiger partial charge in [0.15, 0.2) is 0 Å². The van der Waals surface area contributed by atoms with E-state index in [9.17, 15) is 4.79 Å². The lowest BCUT2D eigenvalue weighted by atomic mass is 9.92. The molecule has 1 aromatic heterocycles. The SMILES string of the molecule is COC(=O)C(c1ccncc1C)C1CC1. The summed E-state index contributed by atoms with van der Waals surface area (Å²) in [6.45, 7) is 1.99. The van der Waals surface area contributed by atoms with Crippen LogP contribution in [0.1, 0.15) is 29.9 Å². The van der Waals surface area contributed by atoms with Crippen molar-refractivity contribution in [3.05, 3.63) is 29.6 Å². The van der Waals surface area contributed by atoms with Crippen LogP contribution < -0.4 is 0 Å². The fraction of sp³-hybridized carbons (Fsp3) is 0.500. The molecule has 0 radical (unpaired) electrons. The largest absolute Gasteiger partial charge is 0.469 e. The zero-order chi connectivity index (χ0) is 10.8. The fourth-order valence-electron chi connectivity index (χ4n) is 1.96. The maximum atomic E-state index is 11.7. The number of hydrogen-bond donors (Lipinski definition) is 0. The van der Waals surface area contributed by atoms with Gasteiger partial charge >= 0.3 is 5.97 Å². The van der Waals surface area contributed by atoms with Gasteiger partial charge in [0.1, 0.15) is 0 Å². The average Bonchev–Trinajstić information content (AvgIpc) is 3.05. The number of esters is 1. The van der Waals surface area contributed by atoms with Gasteiger partial charge in [0.2, 0.25) is 0 Å². The maximum absolute atomic E-state index is 11.7. The van der Waals surface area contributed by atoms with Crippen molar-refractivity contribution in [2.45, 2.75) is 25.7 Å². The number of methoxy groups -OCH3 is 1. The first kappa shape index (κ1) is 10.1. The van der Waals surface area contributed by atoms with Crippen molar-refractivity contribution in [2.75, 3.05) is 7.11 Å². The molecule has 1 aromatic rings. The first-order chi connectivity index (χ1) is 7.24. The Bertz CT molecular complexity index is 372. The number of carbonyl (C=O) groups excluding carboxylic acids is 1. The zero-order valence-corrected chi connectivity index (χ0v) is 9.06. The van der Waals surface area contributed by atoms with Crippen molar-refractivity contribution >= 4 is 5.97 Å². The molecular formula is C12H15NO2. The van der Waals surface area contributed by atoms with Crippen LogP contribution in [0, 0.1) is 12.8 Å². The predicted octanol–water partition coefficient (Wildman–Crippen LogP) is 2.06. The van der Waals surface area contributed by atoms with E-state index in [4.69, 9.17) is 4.74 Å². The van der Waals surface area contributed by atoms with Gasteiger partial charge in [0.25, 0.3) is 0 Å². The van der Waals surface area contributed by atoms with Crippen molar-refractivity contribution in [2.24, 2.45) is 5.92 Å². The Morgan fingerprint density at radius 2 is 2.33 bits per heavy atom. The van der Waals surface area contributed by atoms with E-state index < -0.39 is 0 Å². The molecule has 0 N–H and O–H groups in total. The minimum atomic E-state index is -0.119. The van der Waals surface area contributed by atoms with Crippen LogP contribution in [0.5, 0.6) is 0 Å². The molecule has 1 saturated carbocycles. The summed E-state index contributed by atoms with van der Waals surface area (Å²) in [5.41, 5.74) is 2.14. The lowest BCUT2D eigenvalue weighted by Crippen LogP contribution is -2.17. The number of nitrogens with zero attached hydrogens (tertiary/aromatic N) is 1. The van der Waals surface area contributed by atoms with Gasteiger partial charge in [-0.15, -0.1) is 0 Å². The molecule has 0 aromatic carbocycles. The van der Waals surface area contributed by atoms with Gasteiger partial charge in [0.05, 0.1) is 13.0 Å². The average molecular weight is 205 g/mol. The number of pyridine rings is 1. The van der Waals surface area contributed by atoms with Crippen LogP contribution in [0.3, 0.4) is 0 Å². The molecule has 0 saturated heterocycles. The van der Waals surface area contributed by atoms with E-state index in [1.54, 1.807) is 12.4 Å². The van der Waals surface area contributed by atoms with Crippen molar-refractivity contribution in [3.63, 3.8) is 0 Å². The molecule has 1 aliphatic carbocycles. The van der Waals surface area contributed by atoms with Gasteiger partial charge in [-0.3, -0.25) is 9.78 Å². The van der Waals surface area contributed by atoms with E-state index in [0.29, 0.717) is 5.92 Å². The first-order valence-electron chi connectivity index (χ1n) is 5.22. The summed E-state index contributed by atoms with van der Waals surface area (Å²) >= 11 is 0. The molecule has 0 spiro atoms. The molecule has 2 rings (SSSR count). The summed E-state index contributed by atoms with van der Waals surface area (Å²) < 4.78 is 4.86. The van der Waals surface area contributed by atoms with E-state index in [1.807, 2.05) is 13.0 Å². The Morgan fingerprint density at radius 1 is 1.60 bits per heavy atom. The van der Waals surface area contributed by atoms with E-state index in [-0.39, 0.29) is 11.9 Å². The fourth-order valence-corrected chi connectivity index (χ4v) is 1.96. The highest BCUT2D eigenvalue weighted by molar-refractivity contribution is 5.79. The van der Waals surface area contributed by atoms with Crippen LogP contribution >= 0.6 is 0 Å².